The molecular formula is C15H13BrClNO3. The molecule has 110 valence electrons. The van der Waals surface area contributed by atoms with Crippen LogP contribution in [0.1, 0.15) is 10.4 Å². The third kappa shape index (κ3) is 3.89. The van der Waals surface area contributed by atoms with Gasteiger partial charge in [0, 0.05) is 33.9 Å². The number of hydrogen-bond acceptors (Lipinski definition) is 3. The van der Waals surface area contributed by atoms with Crippen LogP contribution in [0.2, 0.25) is 5.02 Å². The van der Waals surface area contributed by atoms with Crippen molar-refractivity contribution in [2.24, 2.45) is 0 Å². The van der Waals surface area contributed by atoms with E-state index in [0.29, 0.717) is 32.2 Å². The highest BCUT2D eigenvalue weighted by atomic mass is 79.9. The van der Waals surface area contributed by atoms with Crippen LogP contribution in [-0.4, -0.2) is 20.1 Å². The predicted molar refractivity (Wildman–Crippen MR) is 86.7 cm³/mol. The predicted octanol–water partition coefficient (Wildman–Crippen LogP) is 4.37. The lowest BCUT2D eigenvalue weighted by Gasteiger charge is -2.10. The van der Waals surface area contributed by atoms with Crippen LogP contribution in [0.25, 0.3) is 0 Å². The van der Waals surface area contributed by atoms with Gasteiger partial charge >= 0.3 is 0 Å². The van der Waals surface area contributed by atoms with Gasteiger partial charge in [0.2, 0.25) is 0 Å². The van der Waals surface area contributed by atoms with E-state index in [2.05, 4.69) is 21.2 Å². The maximum atomic E-state index is 12.2. The lowest BCUT2D eigenvalue weighted by atomic mass is 10.2. The van der Waals surface area contributed by atoms with E-state index in [1.54, 1.807) is 50.6 Å². The molecule has 0 saturated heterocycles. The molecule has 21 heavy (non-hydrogen) atoms. The van der Waals surface area contributed by atoms with Crippen LogP contribution in [-0.2, 0) is 0 Å². The summed E-state index contributed by atoms with van der Waals surface area (Å²) in [5, 5.41) is 3.34. The molecule has 2 aromatic rings. The minimum atomic E-state index is -0.248. The first-order valence-electron chi connectivity index (χ1n) is 6.03. The molecule has 0 aromatic heterocycles. The molecule has 1 N–H and O–H groups in total. The number of anilines is 1. The highest BCUT2D eigenvalue weighted by Gasteiger charge is 2.10. The second-order valence-electron chi connectivity index (χ2n) is 4.18. The molecule has 0 unspecified atom stereocenters. The molecule has 0 atom stereocenters. The lowest BCUT2D eigenvalue weighted by Crippen LogP contribution is -2.12. The Morgan fingerprint density at radius 3 is 2.24 bits per heavy atom. The van der Waals surface area contributed by atoms with Crippen molar-refractivity contribution < 1.29 is 14.3 Å². The second kappa shape index (κ2) is 6.83. The molecule has 1 amide bonds. The van der Waals surface area contributed by atoms with Crippen LogP contribution >= 0.6 is 27.5 Å². The Hall–Kier alpha value is -1.72. The van der Waals surface area contributed by atoms with Crippen molar-refractivity contribution in [2.75, 3.05) is 19.5 Å². The van der Waals surface area contributed by atoms with Gasteiger partial charge in [0.05, 0.1) is 19.2 Å². The van der Waals surface area contributed by atoms with E-state index in [9.17, 15) is 4.79 Å². The summed E-state index contributed by atoms with van der Waals surface area (Å²) in [6, 6.07) is 10.1. The van der Waals surface area contributed by atoms with E-state index < -0.39 is 0 Å². The monoisotopic (exact) mass is 369 g/mol. The normalized spacial score (nSPS) is 10.1. The number of amides is 1. The number of carbonyl (C=O) groups is 1. The van der Waals surface area contributed by atoms with Gasteiger partial charge in [-0.25, -0.2) is 0 Å². The average Bonchev–Trinajstić information content (AvgIpc) is 2.49. The molecule has 0 aliphatic rings. The number of halogens is 2. The van der Waals surface area contributed by atoms with Crippen molar-refractivity contribution in [3.8, 4) is 11.5 Å². The molecule has 0 radical (unpaired) electrons. The van der Waals surface area contributed by atoms with Crippen molar-refractivity contribution in [1.82, 2.24) is 0 Å². The van der Waals surface area contributed by atoms with E-state index in [1.807, 2.05) is 0 Å². The van der Waals surface area contributed by atoms with E-state index in [1.165, 1.54) is 0 Å². The van der Waals surface area contributed by atoms with Crippen LogP contribution in [0.3, 0.4) is 0 Å². The first-order chi connectivity index (χ1) is 10.0. The Balaban J connectivity index is 2.24. The van der Waals surface area contributed by atoms with Crippen LogP contribution in [0.4, 0.5) is 5.69 Å². The molecule has 2 rings (SSSR count). The van der Waals surface area contributed by atoms with Gasteiger partial charge in [0.1, 0.15) is 11.5 Å². The largest absolute Gasteiger partial charge is 0.497 e. The van der Waals surface area contributed by atoms with Crippen LogP contribution in [0.5, 0.6) is 11.5 Å². The van der Waals surface area contributed by atoms with Gasteiger partial charge in [0.25, 0.3) is 5.91 Å². The van der Waals surface area contributed by atoms with Crippen molar-refractivity contribution in [1.29, 1.82) is 0 Å². The molecule has 0 aliphatic heterocycles. The first-order valence-corrected chi connectivity index (χ1v) is 7.20. The van der Waals surface area contributed by atoms with Gasteiger partial charge in [-0.05, 0) is 34.1 Å². The van der Waals surface area contributed by atoms with Gasteiger partial charge < -0.3 is 14.8 Å². The van der Waals surface area contributed by atoms with Crippen LogP contribution in [0, 0.1) is 0 Å². The van der Waals surface area contributed by atoms with E-state index in [0.717, 1.165) is 0 Å². The molecule has 0 heterocycles. The maximum absolute atomic E-state index is 12.2. The number of ether oxygens (including phenoxy) is 2. The number of hydrogen-bond donors (Lipinski definition) is 1. The quantitative estimate of drug-likeness (QED) is 0.869. The maximum Gasteiger partial charge on any atom is 0.255 e. The fraction of sp³-hybridized carbons (Fsp3) is 0.133. The lowest BCUT2D eigenvalue weighted by molar-refractivity contribution is 0.102. The Bertz CT molecular complexity index is 654. The zero-order valence-electron chi connectivity index (χ0n) is 11.4. The van der Waals surface area contributed by atoms with E-state index in [4.69, 9.17) is 21.1 Å². The summed E-state index contributed by atoms with van der Waals surface area (Å²) in [7, 11) is 3.10. The van der Waals surface area contributed by atoms with Crippen molar-refractivity contribution in [3.05, 3.63) is 51.5 Å². The van der Waals surface area contributed by atoms with Gasteiger partial charge in [-0.3, -0.25) is 4.79 Å². The number of rotatable bonds is 4. The van der Waals surface area contributed by atoms with Gasteiger partial charge in [-0.2, -0.15) is 0 Å². The molecule has 2 aromatic carbocycles. The summed E-state index contributed by atoms with van der Waals surface area (Å²) in [6.07, 6.45) is 0. The molecule has 0 saturated carbocycles. The minimum Gasteiger partial charge on any atom is -0.497 e. The summed E-state index contributed by atoms with van der Waals surface area (Å²) in [4.78, 5) is 12.2. The zero-order valence-corrected chi connectivity index (χ0v) is 13.8. The summed E-state index contributed by atoms with van der Waals surface area (Å²) in [5.74, 6) is 0.951. The molecule has 0 spiro atoms. The summed E-state index contributed by atoms with van der Waals surface area (Å²) < 4.78 is 11.0. The fourth-order valence-electron chi connectivity index (χ4n) is 1.72. The average molecular weight is 371 g/mol. The van der Waals surface area contributed by atoms with Crippen molar-refractivity contribution >= 4 is 39.1 Å². The number of benzene rings is 2. The van der Waals surface area contributed by atoms with Gasteiger partial charge in [-0.15, -0.1) is 0 Å². The Morgan fingerprint density at radius 2 is 1.71 bits per heavy atom. The summed E-state index contributed by atoms with van der Waals surface area (Å²) in [5.41, 5.74) is 1.08. The minimum absolute atomic E-state index is 0.248. The first kappa shape index (κ1) is 15.7. The number of carbonyl (C=O) groups excluding carboxylic acids is 1. The number of nitrogens with one attached hydrogen (secondary N) is 1. The molecule has 6 heteroatoms. The van der Waals surface area contributed by atoms with E-state index >= 15 is 0 Å². The molecular weight excluding hydrogens is 358 g/mol. The summed E-state index contributed by atoms with van der Waals surface area (Å²) in [6.45, 7) is 0. The third-order valence-electron chi connectivity index (χ3n) is 2.79. The fourth-order valence-corrected chi connectivity index (χ4v) is 2.22. The van der Waals surface area contributed by atoms with Crippen LogP contribution in [0.15, 0.2) is 40.9 Å². The highest BCUT2D eigenvalue weighted by molar-refractivity contribution is 9.10. The molecule has 0 fully saturated rings. The molecule has 0 bridgehead atoms. The smallest absolute Gasteiger partial charge is 0.255 e. The Labute approximate surface area is 136 Å². The standard InChI is InChI=1S/C15H13BrClNO3/c1-20-11-6-10(7-12(8-11)21-2)18-15(19)9-3-4-14(17)13(16)5-9/h3-8H,1-2H3,(H,18,19). The van der Waals surface area contributed by atoms with Gasteiger partial charge in [0.15, 0.2) is 0 Å². The van der Waals surface area contributed by atoms with Crippen molar-refractivity contribution in [2.45, 2.75) is 0 Å². The Kier molecular flexibility index (Phi) is 5.09. The second-order valence-corrected chi connectivity index (χ2v) is 5.45. The number of methoxy groups -OCH3 is 2. The van der Waals surface area contributed by atoms with Gasteiger partial charge in [-0.1, -0.05) is 11.6 Å². The summed E-state index contributed by atoms with van der Waals surface area (Å²) >= 11 is 9.21. The van der Waals surface area contributed by atoms with E-state index in [-0.39, 0.29) is 5.91 Å². The zero-order chi connectivity index (χ0) is 15.4. The topological polar surface area (TPSA) is 47.6 Å². The molecule has 4 nitrogen and oxygen atoms in total. The third-order valence-corrected chi connectivity index (χ3v) is 4.01. The Morgan fingerprint density at radius 1 is 1.10 bits per heavy atom. The molecule has 0 aliphatic carbocycles. The highest BCUT2D eigenvalue weighted by Crippen LogP contribution is 2.27. The van der Waals surface area contributed by atoms with Crippen molar-refractivity contribution in [3.63, 3.8) is 0 Å². The SMILES string of the molecule is COc1cc(NC(=O)c2ccc(Cl)c(Br)c2)cc(OC)c1. The van der Waals surface area contributed by atoms with Crippen LogP contribution < -0.4 is 14.8 Å².